The van der Waals surface area contributed by atoms with Crippen molar-refractivity contribution in [1.29, 1.82) is 0 Å². The summed E-state index contributed by atoms with van der Waals surface area (Å²) in [6, 6.07) is 19.3. The lowest BCUT2D eigenvalue weighted by Crippen LogP contribution is -2.32. The molecule has 0 aliphatic rings. The van der Waals surface area contributed by atoms with Crippen molar-refractivity contribution in [2.24, 2.45) is 0 Å². The highest BCUT2D eigenvalue weighted by molar-refractivity contribution is 7.92. The molecule has 0 spiro atoms. The first-order valence-electron chi connectivity index (χ1n) is 11.9. The number of nitrogens with one attached hydrogen (secondary N) is 2. The molecule has 0 radical (unpaired) electrons. The largest absolute Gasteiger partial charge is 0.480 e. The van der Waals surface area contributed by atoms with Crippen LogP contribution in [0.3, 0.4) is 0 Å². The van der Waals surface area contributed by atoms with Gasteiger partial charge in [-0.3, -0.25) is 9.52 Å². The summed E-state index contributed by atoms with van der Waals surface area (Å²) >= 11 is 0. The molecule has 0 aromatic heterocycles. The molecule has 1 amide bonds. The zero-order chi connectivity index (χ0) is 25.6. The third-order valence-electron chi connectivity index (χ3n) is 6.19. The summed E-state index contributed by atoms with van der Waals surface area (Å²) in [5.41, 5.74) is 4.17. The number of carbonyl (C=O) groups excluding carboxylic acids is 1. The van der Waals surface area contributed by atoms with Crippen molar-refractivity contribution in [3.8, 4) is 5.75 Å². The minimum atomic E-state index is -3.75. The van der Waals surface area contributed by atoms with Crippen LogP contribution < -0.4 is 14.8 Å². The standard InChI is InChI=1S/C28H34N2O4S/c1-6-19(3)25-10-8-9-11-27(25)34-26(7-2)28(31)29-22-14-16-24(17-15-22)35(32,33)30-23-13-12-20(4)21(5)18-23/h8-19,26,30H,6-7H2,1-5H3,(H,29,31). The van der Waals surface area contributed by atoms with E-state index in [-0.39, 0.29) is 10.8 Å². The number of aryl methyl sites for hydroxylation is 2. The Hall–Kier alpha value is -3.32. The second-order valence-corrected chi connectivity index (χ2v) is 10.5. The number of amides is 1. The second kappa shape index (κ2) is 11.4. The Morgan fingerprint density at radius 1 is 0.886 bits per heavy atom. The van der Waals surface area contributed by atoms with Crippen LogP contribution >= 0.6 is 0 Å². The molecule has 0 aliphatic carbocycles. The molecule has 0 bridgehead atoms. The van der Waals surface area contributed by atoms with Crippen molar-refractivity contribution in [2.75, 3.05) is 10.0 Å². The summed E-state index contributed by atoms with van der Waals surface area (Å²) in [4.78, 5) is 13.0. The van der Waals surface area contributed by atoms with Crippen molar-refractivity contribution in [3.05, 3.63) is 83.4 Å². The van der Waals surface area contributed by atoms with Gasteiger partial charge in [0.15, 0.2) is 6.10 Å². The van der Waals surface area contributed by atoms with Crippen molar-refractivity contribution in [3.63, 3.8) is 0 Å². The Morgan fingerprint density at radius 2 is 1.54 bits per heavy atom. The lowest BCUT2D eigenvalue weighted by Gasteiger charge is -2.21. The van der Waals surface area contributed by atoms with Crippen LogP contribution in [0.25, 0.3) is 0 Å². The van der Waals surface area contributed by atoms with Gasteiger partial charge < -0.3 is 10.1 Å². The molecule has 0 saturated heterocycles. The third kappa shape index (κ3) is 6.63. The summed E-state index contributed by atoms with van der Waals surface area (Å²) in [6.45, 7) is 10.0. The fourth-order valence-electron chi connectivity index (χ4n) is 3.65. The molecular weight excluding hydrogens is 460 g/mol. The van der Waals surface area contributed by atoms with Gasteiger partial charge in [-0.15, -0.1) is 0 Å². The minimum absolute atomic E-state index is 0.111. The molecule has 7 heteroatoms. The molecule has 0 fully saturated rings. The Labute approximate surface area is 208 Å². The fraction of sp³-hybridized carbons (Fsp3) is 0.321. The highest BCUT2D eigenvalue weighted by Crippen LogP contribution is 2.29. The van der Waals surface area contributed by atoms with Crippen LogP contribution in [-0.4, -0.2) is 20.4 Å². The predicted molar refractivity (Wildman–Crippen MR) is 142 cm³/mol. The van der Waals surface area contributed by atoms with Crippen molar-refractivity contribution in [1.82, 2.24) is 0 Å². The molecular formula is C28H34N2O4S. The molecule has 0 aliphatic heterocycles. The van der Waals surface area contributed by atoms with Crippen LogP contribution in [-0.2, 0) is 14.8 Å². The zero-order valence-electron chi connectivity index (χ0n) is 21.0. The van der Waals surface area contributed by atoms with Gasteiger partial charge in [0.25, 0.3) is 15.9 Å². The quantitative estimate of drug-likeness (QED) is 0.341. The molecule has 2 N–H and O–H groups in total. The zero-order valence-corrected chi connectivity index (χ0v) is 21.8. The first-order chi connectivity index (χ1) is 16.6. The topological polar surface area (TPSA) is 84.5 Å². The van der Waals surface area contributed by atoms with E-state index in [4.69, 9.17) is 4.74 Å². The van der Waals surface area contributed by atoms with Gasteiger partial charge >= 0.3 is 0 Å². The molecule has 6 nitrogen and oxygen atoms in total. The number of hydrogen-bond acceptors (Lipinski definition) is 4. The van der Waals surface area contributed by atoms with Crippen LogP contribution in [0.15, 0.2) is 71.6 Å². The van der Waals surface area contributed by atoms with Crippen LogP contribution in [0, 0.1) is 13.8 Å². The fourth-order valence-corrected chi connectivity index (χ4v) is 4.70. The maximum absolute atomic E-state index is 12.9. The van der Waals surface area contributed by atoms with E-state index >= 15 is 0 Å². The predicted octanol–water partition coefficient (Wildman–Crippen LogP) is 6.41. The lowest BCUT2D eigenvalue weighted by molar-refractivity contribution is -0.122. The van der Waals surface area contributed by atoms with Crippen LogP contribution in [0.2, 0.25) is 0 Å². The smallest absolute Gasteiger partial charge is 0.265 e. The maximum atomic E-state index is 12.9. The summed E-state index contributed by atoms with van der Waals surface area (Å²) in [5.74, 6) is 0.747. The van der Waals surface area contributed by atoms with Gasteiger partial charge in [-0.05, 0) is 91.8 Å². The molecule has 2 unspecified atom stereocenters. The molecule has 186 valence electrons. The van der Waals surface area contributed by atoms with Gasteiger partial charge in [0, 0.05) is 11.4 Å². The normalized spacial score (nSPS) is 13.1. The van der Waals surface area contributed by atoms with E-state index in [1.165, 1.54) is 12.1 Å². The number of rotatable bonds is 10. The van der Waals surface area contributed by atoms with E-state index in [1.807, 2.05) is 51.1 Å². The summed E-state index contributed by atoms with van der Waals surface area (Å²) in [6.07, 6.45) is 0.791. The van der Waals surface area contributed by atoms with E-state index in [0.717, 1.165) is 23.1 Å². The number of benzene rings is 3. The molecule has 3 aromatic rings. The Bertz CT molecular complexity index is 1270. The highest BCUT2D eigenvalue weighted by Gasteiger charge is 2.21. The van der Waals surface area contributed by atoms with Crippen molar-refractivity contribution in [2.45, 2.75) is 64.4 Å². The number of hydrogen-bond donors (Lipinski definition) is 2. The van der Waals surface area contributed by atoms with Gasteiger partial charge in [0.2, 0.25) is 0 Å². The second-order valence-electron chi connectivity index (χ2n) is 8.78. The van der Waals surface area contributed by atoms with Gasteiger partial charge in [-0.1, -0.05) is 45.0 Å². The van der Waals surface area contributed by atoms with Gasteiger partial charge in [0.1, 0.15) is 5.75 Å². The van der Waals surface area contributed by atoms with E-state index in [2.05, 4.69) is 23.9 Å². The molecule has 3 rings (SSSR count). The van der Waals surface area contributed by atoms with Gasteiger partial charge in [-0.2, -0.15) is 0 Å². The van der Waals surface area contributed by atoms with Gasteiger partial charge in [0.05, 0.1) is 4.90 Å². The molecule has 0 saturated carbocycles. The number of para-hydroxylation sites is 1. The van der Waals surface area contributed by atoms with Crippen molar-refractivity contribution < 1.29 is 17.9 Å². The van der Waals surface area contributed by atoms with E-state index in [0.29, 0.717) is 29.5 Å². The molecule has 2 atom stereocenters. The Morgan fingerprint density at radius 3 is 2.17 bits per heavy atom. The summed E-state index contributed by atoms with van der Waals surface area (Å²) in [5, 5.41) is 2.84. The summed E-state index contributed by atoms with van der Waals surface area (Å²) in [7, 11) is -3.75. The average molecular weight is 495 g/mol. The third-order valence-corrected chi connectivity index (χ3v) is 7.58. The van der Waals surface area contributed by atoms with Crippen molar-refractivity contribution >= 4 is 27.3 Å². The molecule has 35 heavy (non-hydrogen) atoms. The van der Waals surface area contributed by atoms with E-state index in [1.54, 1.807) is 24.3 Å². The van der Waals surface area contributed by atoms with Crippen LogP contribution in [0.5, 0.6) is 5.75 Å². The first kappa shape index (κ1) is 26.3. The number of sulfonamides is 1. The number of ether oxygens (including phenoxy) is 1. The summed E-state index contributed by atoms with van der Waals surface area (Å²) < 4.78 is 34.3. The molecule has 0 heterocycles. The van der Waals surface area contributed by atoms with Crippen LogP contribution in [0.4, 0.5) is 11.4 Å². The van der Waals surface area contributed by atoms with Crippen LogP contribution in [0.1, 0.15) is 56.2 Å². The molecule has 3 aromatic carbocycles. The SMILES string of the molecule is CCC(Oc1ccccc1C(C)CC)C(=O)Nc1ccc(S(=O)(=O)Nc2ccc(C)c(C)c2)cc1. The van der Waals surface area contributed by atoms with E-state index in [9.17, 15) is 13.2 Å². The maximum Gasteiger partial charge on any atom is 0.265 e. The highest BCUT2D eigenvalue weighted by atomic mass is 32.2. The lowest BCUT2D eigenvalue weighted by atomic mass is 9.98. The van der Waals surface area contributed by atoms with Gasteiger partial charge in [-0.25, -0.2) is 8.42 Å². The number of anilines is 2. The van der Waals surface area contributed by atoms with E-state index < -0.39 is 16.1 Å². The Balaban J connectivity index is 1.69. The average Bonchev–Trinajstić information content (AvgIpc) is 2.84. The first-order valence-corrected chi connectivity index (χ1v) is 13.4. The number of carbonyl (C=O) groups is 1. The minimum Gasteiger partial charge on any atom is -0.480 e. The Kier molecular flexibility index (Phi) is 8.57. The monoisotopic (exact) mass is 494 g/mol.